The van der Waals surface area contributed by atoms with Crippen LogP contribution in [0.3, 0.4) is 0 Å². The number of guanidine groups is 1. The molecule has 2 N–H and O–H groups in total. The molecule has 1 aromatic carbocycles. The van der Waals surface area contributed by atoms with Crippen LogP contribution in [0.25, 0.3) is 5.69 Å². The van der Waals surface area contributed by atoms with Crippen LogP contribution in [0.5, 0.6) is 0 Å². The van der Waals surface area contributed by atoms with Crippen molar-refractivity contribution in [2.24, 2.45) is 10.7 Å². The predicted molar refractivity (Wildman–Crippen MR) is 79.1 cm³/mol. The van der Waals surface area contributed by atoms with Gasteiger partial charge in [-0.15, -0.1) is 0 Å². The molecule has 3 rings (SSSR count). The standard InChI is InChI=1S/C14H18N6O/c15-14(19-4-6-21-7-5-19)17-9-12-2-1-3-13(8-12)20-11-16-10-18-20/h1-3,8,10-11H,4-7,9H2,(H2,15,17). The lowest BCUT2D eigenvalue weighted by molar-refractivity contribution is 0.0674. The van der Waals surface area contributed by atoms with Crippen LogP contribution < -0.4 is 5.73 Å². The maximum Gasteiger partial charge on any atom is 0.191 e. The van der Waals surface area contributed by atoms with Crippen LogP contribution in [-0.4, -0.2) is 51.9 Å². The number of hydrogen-bond acceptors (Lipinski definition) is 4. The molecule has 2 heterocycles. The van der Waals surface area contributed by atoms with Gasteiger partial charge in [-0.05, 0) is 17.7 Å². The first-order valence-corrected chi connectivity index (χ1v) is 6.89. The summed E-state index contributed by atoms with van der Waals surface area (Å²) >= 11 is 0. The predicted octanol–water partition coefficient (Wildman–Crippen LogP) is 0.414. The lowest BCUT2D eigenvalue weighted by Gasteiger charge is -2.27. The fourth-order valence-corrected chi connectivity index (χ4v) is 2.20. The summed E-state index contributed by atoms with van der Waals surface area (Å²) in [5.74, 6) is 0.574. The average Bonchev–Trinajstić information content (AvgIpc) is 3.08. The van der Waals surface area contributed by atoms with E-state index >= 15 is 0 Å². The van der Waals surface area contributed by atoms with Crippen molar-refractivity contribution in [2.75, 3.05) is 26.3 Å². The quantitative estimate of drug-likeness (QED) is 0.653. The van der Waals surface area contributed by atoms with E-state index < -0.39 is 0 Å². The minimum absolute atomic E-state index is 0.547. The van der Waals surface area contributed by atoms with E-state index in [1.807, 2.05) is 29.2 Å². The van der Waals surface area contributed by atoms with Gasteiger partial charge in [0.2, 0.25) is 0 Å². The van der Waals surface area contributed by atoms with E-state index in [4.69, 9.17) is 10.5 Å². The zero-order valence-electron chi connectivity index (χ0n) is 11.7. The highest BCUT2D eigenvalue weighted by atomic mass is 16.5. The highest BCUT2D eigenvalue weighted by molar-refractivity contribution is 5.78. The van der Waals surface area contributed by atoms with Crippen molar-refractivity contribution >= 4 is 5.96 Å². The Labute approximate surface area is 123 Å². The second-order valence-electron chi connectivity index (χ2n) is 4.78. The van der Waals surface area contributed by atoms with Gasteiger partial charge in [-0.25, -0.2) is 14.7 Å². The molecule has 110 valence electrons. The van der Waals surface area contributed by atoms with Crippen molar-refractivity contribution in [2.45, 2.75) is 6.54 Å². The monoisotopic (exact) mass is 286 g/mol. The molecule has 1 aliphatic heterocycles. The van der Waals surface area contributed by atoms with Crippen molar-refractivity contribution < 1.29 is 4.74 Å². The van der Waals surface area contributed by atoms with Crippen LogP contribution in [0, 0.1) is 0 Å². The second kappa shape index (κ2) is 6.36. The number of rotatable bonds is 3. The summed E-state index contributed by atoms with van der Waals surface area (Å²) < 4.78 is 7.02. The van der Waals surface area contributed by atoms with E-state index in [1.165, 1.54) is 6.33 Å². The largest absolute Gasteiger partial charge is 0.378 e. The van der Waals surface area contributed by atoms with Gasteiger partial charge in [0.05, 0.1) is 25.4 Å². The molecule has 2 aromatic rings. The third kappa shape index (κ3) is 3.38. The van der Waals surface area contributed by atoms with Crippen LogP contribution >= 0.6 is 0 Å². The van der Waals surface area contributed by atoms with Gasteiger partial charge in [-0.3, -0.25) is 0 Å². The van der Waals surface area contributed by atoms with E-state index in [1.54, 1.807) is 11.0 Å². The molecular weight excluding hydrogens is 268 g/mol. The summed E-state index contributed by atoms with van der Waals surface area (Å²) in [5.41, 5.74) is 8.07. The summed E-state index contributed by atoms with van der Waals surface area (Å²) in [7, 11) is 0. The molecule has 0 atom stereocenters. The van der Waals surface area contributed by atoms with Gasteiger partial charge in [-0.1, -0.05) is 12.1 Å². The minimum atomic E-state index is 0.547. The SMILES string of the molecule is NC(=NCc1cccc(-n2cncn2)c1)N1CCOCC1. The molecule has 0 aliphatic carbocycles. The Morgan fingerprint density at radius 3 is 2.95 bits per heavy atom. The molecule has 0 spiro atoms. The molecule has 0 saturated carbocycles. The lowest BCUT2D eigenvalue weighted by atomic mass is 10.2. The van der Waals surface area contributed by atoms with Gasteiger partial charge in [0, 0.05) is 13.1 Å². The molecule has 7 heteroatoms. The fourth-order valence-electron chi connectivity index (χ4n) is 2.20. The Balaban J connectivity index is 1.68. The normalized spacial score (nSPS) is 16.2. The Hall–Kier alpha value is -2.41. The first kappa shape index (κ1) is 13.6. The number of ether oxygens (including phenoxy) is 1. The van der Waals surface area contributed by atoms with Crippen LogP contribution in [0.4, 0.5) is 0 Å². The van der Waals surface area contributed by atoms with Crippen molar-refractivity contribution in [1.82, 2.24) is 19.7 Å². The molecule has 1 fully saturated rings. The molecular formula is C14H18N6O. The Morgan fingerprint density at radius 1 is 1.33 bits per heavy atom. The topological polar surface area (TPSA) is 81.6 Å². The molecule has 0 radical (unpaired) electrons. The smallest absolute Gasteiger partial charge is 0.191 e. The molecule has 7 nitrogen and oxygen atoms in total. The van der Waals surface area contributed by atoms with Gasteiger partial charge in [0.25, 0.3) is 0 Å². The van der Waals surface area contributed by atoms with Crippen LogP contribution in [0.2, 0.25) is 0 Å². The number of nitrogens with two attached hydrogens (primary N) is 1. The number of aromatic nitrogens is 3. The van der Waals surface area contributed by atoms with Gasteiger partial charge in [-0.2, -0.15) is 5.10 Å². The maximum absolute atomic E-state index is 6.02. The summed E-state index contributed by atoms with van der Waals surface area (Å²) in [6.07, 6.45) is 3.19. The number of benzene rings is 1. The van der Waals surface area contributed by atoms with Crippen LogP contribution in [0.15, 0.2) is 41.9 Å². The summed E-state index contributed by atoms with van der Waals surface area (Å²) in [6.45, 7) is 3.56. The molecule has 0 bridgehead atoms. The molecule has 21 heavy (non-hydrogen) atoms. The Kier molecular flexibility index (Phi) is 4.11. The van der Waals surface area contributed by atoms with Crippen molar-refractivity contribution in [3.63, 3.8) is 0 Å². The van der Waals surface area contributed by atoms with Gasteiger partial charge in [0.15, 0.2) is 5.96 Å². The molecule has 0 amide bonds. The summed E-state index contributed by atoms with van der Waals surface area (Å²) in [4.78, 5) is 10.5. The van der Waals surface area contributed by atoms with E-state index in [0.29, 0.717) is 25.7 Å². The van der Waals surface area contributed by atoms with E-state index in [2.05, 4.69) is 15.1 Å². The highest BCUT2D eigenvalue weighted by Gasteiger charge is 2.11. The fraction of sp³-hybridized carbons (Fsp3) is 0.357. The van der Waals surface area contributed by atoms with Gasteiger partial charge >= 0.3 is 0 Å². The van der Waals surface area contributed by atoms with Crippen molar-refractivity contribution in [3.05, 3.63) is 42.5 Å². The second-order valence-corrected chi connectivity index (χ2v) is 4.78. The van der Waals surface area contributed by atoms with E-state index in [0.717, 1.165) is 24.3 Å². The first-order chi connectivity index (χ1) is 10.3. The first-order valence-electron chi connectivity index (χ1n) is 6.89. The Bertz CT molecular complexity index is 604. The van der Waals surface area contributed by atoms with E-state index in [9.17, 15) is 0 Å². The number of nitrogens with zero attached hydrogens (tertiary/aromatic N) is 5. The number of aliphatic imine (C=N–C) groups is 1. The van der Waals surface area contributed by atoms with Gasteiger partial charge in [0.1, 0.15) is 12.7 Å². The van der Waals surface area contributed by atoms with Gasteiger partial charge < -0.3 is 15.4 Å². The zero-order valence-corrected chi connectivity index (χ0v) is 11.7. The average molecular weight is 286 g/mol. The minimum Gasteiger partial charge on any atom is -0.378 e. The van der Waals surface area contributed by atoms with Crippen molar-refractivity contribution in [3.8, 4) is 5.69 Å². The zero-order chi connectivity index (χ0) is 14.5. The number of morpholine rings is 1. The van der Waals surface area contributed by atoms with E-state index in [-0.39, 0.29) is 0 Å². The summed E-state index contributed by atoms with van der Waals surface area (Å²) in [6, 6.07) is 8.02. The summed E-state index contributed by atoms with van der Waals surface area (Å²) in [5, 5.41) is 4.12. The maximum atomic E-state index is 6.02. The third-order valence-corrected chi connectivity index (χ3v) is 3.35. The van der Waals surface area contributed by atoms with Crippen molar-refractivity contribution in [1.29, 1.82) is 0 Å². The molecule has 1 aliphatic rings. The number of hydrogen-bond donors (Lipinski definition) is 1. The Morgan fingerprint density at radius 2 is 2.19 bits per heavy atom. The van der Waals surface area contributed by atoms with Crippen LogP contribution in [0.1, 0.15) is 5.56 Å². The molecule has 1 aromatic heterocycles. The highest BCUT2D eigenvalue weighted by Crippen LogP contribution is 2.10. The van der Waals surface area contributed by atoms with Crippen LogP contribution in [-0.2, 0) is 11.3 Å². The molecule has 1 saturated heterocycles. The lowest BCUT2D eigenvalue weighted by Crippen LogP contribution is -2.44. The molecule has 0 unspecified atom stereocenters. The third-order valence-electron chi connectivity index (χ3n) is 3.35.